The molecule has 1 aromatic rings. The highest BCUT2D eigenvalue weighted by Crippen LogP contribution is 2.34. The third kappa shape index (κ3) is 4.26. The smallest absolute Gasteiger partial charge is 0.313 e. The average molecular weight is 354 g/mol. The fourth-order valence-corrected chi connectivity index (χ4v) is 5.18. The molecule has 0 saturated carbocycles. The molecule has 0 spiro atoms. The SMILES string of the molecule is O=C(O)CSCC(=O)N1CCCC(c2nc3c(s2)CCCC3)C1. The zero-order chi connectivity index (χ0) is 16.2. The maximum Gasteiger partial charge on any atom is 0.313 e. The number of likely N-dealkylation sites (tertiary alicyclic amines) is 1. The molecular weight excluding hydrogens is 332 g/mol. The molecule has 1 aliphatic carbocycles. The van der Waals surface area contributed by atoms with Crippen LogP contribution in [-0.2, 0) is 22.4 Å². The van der Waals surface area contributed by atoms with Crippen LogP contribution in [0.15, 0.2) is 0 Å². The van der Waals surface area contributed by atoms with Gasteiger partial charge in [0.1, 0.15) is 0 Å². The van der Waals surface area contributed by atoms with E-state index in [4.69, 9.17) is 10.1 Å². The van der Waals surface area contributed by atoms with Gasteiger partial charge in [-0.2, -0.15) is 0 Å². The van der Waals surface area contributed by atoms with E-state index in [1.807, 2.05) is 16.2 Å². The fourth-order valence-electron chi connectivity index (χ4n) is 3.27. The van der Waals surface area contributed by atoms with E-state index in [2.05, 4.69) is 0 Å². The second-order valence-corrected chi connectivity index (χ2v) is 8.30. The van der Waals surface area contributed by atoms with Gasteiger partial charge < -0.3 is 10.0 Å². The Morgan fingerprint density at radius 1 is 1.26 bits per heavy atom. The molecule has 1 fully saturated rings. The Hall–Kier alpha value is -1.08. The Kier molecular flexibility index (Phi) is 5.58. The largest absolute Gasteiger partial charge is 0.481 e. The van der Waals surface area contributed by atoms with Crippen molar-refractivity contribution < 1.29 is 14.7 Å². The van der Waals surface area contributed by atoms with Crippen LogP contribution >= 0.6 is 23.1 Å². The quantitative estimate of drug-likeness (QED) is 0.880. The Morgan fingerprint density at radius 3 is 2.87 bits per heavy atom. The van der Waals surface area contributed by atoms with Gasteiger partial charge in [-0.05, 0) is 38.5 Å². The minimum Gasteiger partial charge on any atom is -0.481 e. The lowest BCUT2D eigenvalue weighted by atomic mass is 9.98. The Balaban J connectivity index is 1.58. The van der Waals surface area contributed by atoms with Crippen molar-refractivity contribution in [3.63, 3.8) is 0 Å². The standard InChI is InChI=1S/C16H22N2O3S2/c19-14(9-22-10-15(20)21)18-7-3-4-11(8-18)16-17-12-5-1-2-6-13(12)23-16/h11H,1-10H2,(H,20,21). The molecule has 1 amide bonds. The third-order valence-corrected chi connectivity index (χ3v) is 6.66. The summed E-state index contributed by atoms with van der Waals surface area (Å²) in [4.78, 5) is 31.0. The number of piperidine rings is 1. The number of carbonyl (C=O) groups is 2. The molecule has 1 aromatic heterocycles. The average Bonchev–Trinajstić information content (AvgIpc) is 2.98. The van der Waals surface area contributed by atoms with Gasteiger partial charge in [-0.25, -0.2) is 4.98 Å². The first-order valence-corrected chi connectivity index (χ1v) is 10.2. The number of fused-ring (bicyclic) bond motifs is 1. The van der Waals surface area contributed by atoms with Crippen molar-refractivity contribution in [2.24, 2.45) is 0 Å². The van der Waals surface area contributed by atoms with Gasteiger partial charge in [0.2, 0.25) is 5.91 Å². The highest BCUT2D eigenvalue weighted by molar-refractivity contribution is 8.00. The number of amides is 1. The molecule has 1 saturated heterocycles. The van der Waals surface area contributed by atoms with E-state index in [0.717, 1.165) is 38.8 Å². The van der Waals surface area contributed by atoms with E-state index < -0.39 is 5.97 Å². The van der Waals surface area contributed by atoms with Crippen LogP contribution < -0.4 is 0 Å². The molecule has 5 nitrogen and oxygen atoms in total. The van der Waals surface area contributed by atoms with Crippen LogP contribution in [0.1, 0.15) is 47.2 Å². The number of carboxylic acid groups (broad SMARTS) is 1. The number of hydrogen-bond acceptors (Lipinski definition) is 5. The van der Waals surface area contributed by atoms with Gasteiger partial charge in [0.25, 0.3) is 0 Å². The van der Waals surface area contributed by atoms with Crippen molar-refractivity contribution in [1.82, 2.24) is 9.88 Å². The summed E-state index contributed by atoms with van der Waals surface area (Å²) in [7, 11) is 0. The van der Waals surface area contributed by atoms with Crippen molar-refractivity contribution >= 4 is 35.0 Å². The second-order valence-electron chi connectivity index (χ2n) is 6.19. The summed E-state index contributed by atoms with van der Waals surface area (Å²) in [6, 6.07) is 0. The first kappa shape index (κ1) is 16.8. The number of aliphatic carboxylic acids is 1. The zero-order valence-corrected chi connectivity index (χ0v) is 14.8. The van der Waals surface area contributed by atoms with Gasteiger partial charge in [-0.3, -0.25) is 9.59 Å². The zero-order valence-electron chi connectivity index (χ0n) is 13.1. The van der Waals surface area contributed by atoms with Crippen LogP contribution in [0.4, 0.5) is 0 Å². The molecule has 0 bridgehead atoms. The topological polar surface area (TPSA) is 70.5 Å². The molecule has 1 N–H and O–H groups in total. The van der Waals surface area contributed by atoms with E-state index in [9.17, 15) is 9.59 Å². The molecule has 2 heterocycles. The molecule has 7 heteroatoms. The number of aryl methyl sites for hydroxylation is 2. The van der Waals surface area contributed by atoms with Gasteiger partial charge in [-0.1, -0.05) is 0 Å². The highest BCUT2D eigenvalue weighted by Gasteiger charge is 2.28. The minimum absolute atomic E-state index is 0.0117. The normalized spacial score (nSPS) is 21.0. The minimum atomic E-state index is -0.868. The summed E-state index contributed by atoms with van der Waals surface area (Å²) in [6.07, 6.45) is 6.88. The van der Waals surface area contributed by atoms with E-state index in [-0.39, 0.29) is 17.4 Å². The maximum atomic E-state index is 12.2. The molecule has 126 valence electrons. The number of thiazole rings is 1. The van der Waals surface area contributed by atoms with Crippen LogP contribution in [0, 0.1) is 0 Å². The summed E-state index contributed by atoms with van der Waals surface area (Å²) in [5, 5.41) is 9.86. The predicted octanol–water partition coefficient (Wildman–Crippen LogP) is 2.55. The first-order chi connectivity index (χ1) is 11.1. The van der Waals surface area contributed by atoms with E-state index in [1.54, 1.807) is 0 Å². The number of nitrogens with zero attached hydrogens (tertiary/aromatic N) is 2. The molecule has 23 heavy (non-hydrogen) atoms. The van der Waals surface area contributed by atoms with Crippen LogP contribution in [-0.4, -0.2) is 51.5 Å². The second kappa shape index (κ2) is 7.66. The molecular formula is C16H22N2O3S2. The summed E-state index contributed by atoms with van der Waals surface area (Å²) >= 11 is 3.02. The Morgan fingerprint density at radius 2 is 2.09 bits per heavy atom. The predicted molar refractivity (Wildman–Crippen MR) is 92.3 cm³/mol. The van der Waals surface area contributed by atoms with Crippen LogP contribution in [0.5, 0.6) is 0 Å². The summed E-state index contributed by atoms with van der Waals surface area (Å²) in [5.41, 5.74) is 1.29. The molecule has 1 aliphatic heterocycles. The number of carbonyl (C=O) groups excluding carboxylic acids is 1. The van der Waals surface area contributed by atoms with Gasteiger partial charge >= 0.3 is 5.97 Å². The number of hydrogen-bond donors (Lipinski definition) is 1. The molecule has 2 aliphatic rings. The molecule has 0 aromatic carbocycles. The lowest BCUT2D eigenvalue weighted by Crippen LogP contribution is -2.40. The van der Waals surface area contributed by atoms with Crippen LogP contribution in [0.3, 0.4) is 0 Å². The van der Waals surface area contributed by atoms with Crippen molar-refractivity contribution in [3.8, 4) is 0 Å². The van der Waals surface area contributed by atoms with Gasteiger partial charge in [0.15, 0.2) is 0 Å². The highest BCUT2D eigenvalue weighted by atomic mass is 32.2. The lowest BCUT2D eigenvalue weighted by Gasteiger charge is -2.31. The number of aromatic nitrogens is 1. The van der Waals surface area contributed by atoms with Crippen molar-refractivity contribution in [2.45, 2.75) is 44.4 Å². The number of carboxylic acids is 1. The number of rotatable bonds is 5. The monoisotopic (exact) mass is 354 g/mol. The van der Waals surface area contributed by atoms with Crippen molar-refractivity contribution in [3.05, 3.63) is 15.6 Å². The lowest BCUT2D eigenvalue weighted by molar-refractivity contribution is -0.133. The summed E-state index contributed by atoms with van der Waals surface area (Å²) < 4.78 is 0. The van der Waals surface area contributed by atoms with Crippen molar-refractivity contribution in [2.75, 3.05) is 24.6 Å². The van der Waals surface area contributed by atoms with Crippen molar-refractivity contribution in [1.29, 1.82) is 0 Å². The third-order valence-electron chi connectivity index (χ3n) is 4.44. The van der Waals surface area contributed by atoms with E-state index >= 15 is 0 Å². The Labute approximate surface area is 144 Å². The molecule has 3 rings (SSSR count). The Bertz CT molecular complexity index is 564. The van der Waals surface area contributed by atoms with Gasteiger partial charge in [0.05, 0.1) is 22.2 Å². The fraction of sp³-hybridized carbons (Fsp3) is 0.688. The van der Waals surface area contributed by atoms with Gasteiger partial charge in [0, 0.05) is 23.9 Å². The molecule has 0 radical (unpaired) electrons. The first-order valence-electron chi connectivity index (χ1n) is 8.19. The molecule has 1 unspecified atom stereocenters. The van der Waals surface area contributed by atoms with Crippen LogP contribution in [0.25, 0.3) is 0 Å². The van der Waals surface area contributed by atoms with Crippen LogP contribution in [0.2, 0.25) is 0 Å². The number of thioether (sulfide) groups is 1. The summed E-state index contributed by atoms with van der Waals surface area (Å²) in [6.45, 7) is 1.52. The maximum absolute atomic E-state index is 12.2. The van der Waals surface area contributed by atoms with E-state index in [1.165, 1.54) is 40.2 Å². The molecule has 1 atom stereocenters. The van der Waals surface area contributed by atoms with E-state index in [0.29, 0.717) is 5.92 Å². The van der Waals surface area contributed by atoms with Gasteiger partial charge in [-0.15, -0.1) is 23.1 Å². The summed E-state index contributed by atoms with van der Waals surface area (Å²) in [5.74, 6) is -0.210.